The van der Waals surface area contributed by atoms with E-state index in [-0.39, 0.29) is 0 Å². The minimum atomic E-state index is 0.781. The number of rotatable bonds is 13. The maximum atomic E-state index is 6.29. The van der Waals surface area contributed by atoms with Crippen molar-refractivity contribution < 1.29 is 4.74 Å². The Morgan fingerprint density at radius 2 is 1.07 bits per heavy atom. The largest absolute Gasteiger partial charge is 0.493 e. The van der Waals surface area contributed by atoms with Crippen molar-refractivity contribution >= 4 is 0 Å². The smallest absolute Gasteiger partial charge is 0.123 e. The van der Waals surface area contributed by atoms with E-state index in [0.29, 0.717) is 0 Å². The van der Waals surface area contributed by atoms with Gasteiger partial charge >= 0.3 is 0 Å². The molecule has 0 saturated carbocycles. The minimum Gasteiger partial charge on any atom is -0.493 e. The zero-order valence-corrected chi connectivity index (χ0v) is 18.4. The molecule has 1 heteroatoms. The van der Waals surface area contributed by atoms with Gasteiger partial charge in [-0.3, -0.25) is 0 Å². The van der Waals surface area contributed by atoms with Crippen molar-refractivity contribution in [3.63, 3.8) is 0 Å². The lowest BCUT2D eigenvalue weighted by Gasteiger charge is -2.21. The first kappa shape index (κ1) is 22.2. The monoisotopic (exact) mass is 399 g/mol. The third kappa shape index (κ3) is 6.76. The van der Waals surface area contributed by atoms with E-state index in [1.807, 2.05) is 0 Å². The van der Waals surface area contributed by atoms with Crippen LogP contribution in [0.2, 0.25) is 0 Å². The fraction of sp³-hybridized carbons (Fsp3) is 0.345. The van der Waals surface area contributed by atoms with Gasteiger partial charge in [0, 0.05) is 5.56 Å². The fourth-order valence-corrected chi connectivity index (χ4v) is 3.90. The molecule has 1 nitrogen and oxygen atoms in total. The Kier molecular flexibility index (Phi) is 9.53. The van der Waals surface area contributed by atoms with Gasteiger partial charge in [0.2, 0.25) is 0 Å². The molecule has 0 unspecified atom stereocenters. The van der Waals surface area contributed by atoms with Crippen LogP contribution >= 0.6 is 0 Å². The van der Waals surface area contributed by atoms with Crippen LogP contribution in [0.3, 0.4) is 0 Å². The Balaban J connectivity index is 1.64. The van der Waals surface area contributed by atoms with Gasteiger partial charge in [-0.15, -0.1) is 0 Å². The molecule has 0 atom stereocenters. The van der Waals surface area contributed by atoms with Gasteiger partial charge in [-0.05, 0) is 23.6 Å². The quantitative estimate of drug-likeness (QED) is 0.208. The summed E-state index contributed by atoms with van der Waals surface area (Å²) in [6.45, 7) is 3.05. The van der Waals surface area contributed by atoms with Crippen LogP contribution in [0, 0.1) is 5.92 Å². The number of benzene rings is 3. The lowest BCUT2D eigenvalue weighted by Crippen LogP contribution is -2.08. The van der Waals surface area contributed by atoms with E-state index in [9.17, 15) is 0 Å². The van der Waals surface area contributed by atoms with Gasteiger partial charge in [-0.1, -0.05) is 131 Å². The van der Waals surface area contributed by atoms with E-state index >= 15 is 0 Å². The van der Waals surface area contributed by atoms with Crippen molar-refractivity contribution in [1.29, 1.82) is 0 Å². The first-order valence-corrected chi connectivity index (χ1v) is 11.6. The normalized spacial score (nSPS) is 11.0. The molecular weight excluding hydrogens is 364 g/mol. The molecule has 0 spiro atoms. The van der Waals surface area contributed by atoms with Gasteiger partial charge in [0.15, 0.2) is 0 Å². The second-order valence-corrected chi connectivity index (χ2v) is 7.93. The molecule has 0 saturated heterocycles. The number of hydrogen-bond acceptors (Lipinski definition) is 1. The van der Waals surface area contributed by atoms with Gasteiger partial charge in [0.05, 0.1) is 12.5 Å². The van der Waals surface area contributed by atoms with Crippen molar-refractivity contribution in [3.8, 4) is 5.75 Å². The third-order valence-corrected chi connectivity index (χ3v) is 5.54. The molecule has 0 aromatic heterocycles. The first-order valence-electron chi connectivity index (χ1n) is 11.6. The number of unbranched alkanes of at least 4 members (excludes halogenated alkanes) is 7. The SMILES string of the molecule is CCCCCCCCCCOc1ccccc1[C](c1ccccc1)c1ccccc1. The Morgan fingerprint density at radius 1 is 0.567 bits per heavy atom. The molecule has 0 aliphatic rings. The Bertz CT molecular complexity index is 786. The molecule has 157 valence electrons. The van der Waals surface area contributed by atoms with Crippen LogP contribution < -0.4 is 4.74 Å². The zero-order chi connectivity index (χ0) is 20.9. The van der Waals surface area contributed by atoms with Gasteiger partial charge in [0.1, 0.15) is 5.75 Å². The van der Waals surface area contributed by atoms with Gasteiger partial charge in [-0.25, -0.2) is 0 Å². The lowest BCUT2D eigenvalue weighted by atomic mass is 9.85. The average Bonchev–Trinajstić information content (AvgIpc) is 2.80. The van der Waals surface area contributed by atoms with Crippen molar-refractivity contribution in [2.45, 2.75) is 58.3 Å². The van der Waals surface area contributed by atoms with Crippen LogP contribution in [-0.4, -0.2) is 6.61 Å². The van der Waals surface area contributed by atoms with Crippen molar-refractivity contribution in [2.24, 2.45) is 0 Å². The summed E-state index contributed by atoms with van der Waals surface area (Å²) in [4.78, 5) is 0. The molecule has 0 aliphatic carbocycles. The predicted octanol–water partition coefficient (Wildman–Crippen LogP) is 8.23. The van der Waals surface area contributed by atoms with Crippen LogP contribution in [0.25, 0.3) is 0 Å². The van der Waals surface area contributed by atoms with Crippen LogP contribution in [-0.2, 0) is 0 Å². The molecular formula is C29H35O. The van der Waals surface area contributed by atoms with Gasteiger partial charge in [-0.2, -0.15) is 0 Å². The van der Waals surface area contributed by atoms with Crippen LogP contribution in [0.5, 0.6) is 5.75 Å². The molecule has 1 radical (unpaired) electrons. The zero-order valence-electron chi connectivity index (χ0n) is 18.4. The Morgan fingerprint density at radius 3 is 1.67 bits per heavy atom. The molecule has 0 N–H and O–H groups in total. The van der Waals surface area contributed by atoms with E-state index < -0.39 is 0 Å². The molecule has 0 aliphatic heterocycles. The van der Waals surface area contributed by atoms with E-state index in [1.165, 1.54) is 62.0 Å². The van der Waals surface area contributed by atoms with Crippen molar-refractivity contribution in [3.05, 3.63) is 108 Å². The maximum Gasteiger partial charge on any atom is 0.123 e. The van der Waals surface area contributed by atoms with E-state index in [0.717, 1.165) is 24.3 Å². The lowest BCUT2D eigenvalue weighted by molar-refractivity contribution is 0.302. The fourth-order valence-electron chi connectivity index (χ4n) is 3.90. The highest BCUT2D eigenvalue weighted by molar-refractivity contribution is 5.61. The highest BCUT2D eigenvalue weighted by Crippen LogP contribution is 2.36. The molecule has 0 fully saturated rings. The summed E-state index contributed by atoms with van der Waals surface area (Å²) < 4.78 is 6.29. The second kappa shape index (κ2) is 12.9. The highest BCUT2D eigenvalue weighted by atomic mass is 16.5. The number of ether oxygens (including phenoxy) is 1. The van der Waals surface area contributed by atoms with Crippen LogP contribution in [0.15, 0.2) is 84.9 Å². The summed E-state index contributed by atoms with van der Waals surface area (Å²) in [5.74, 6) is 2.20. The van der Waals surface area contributed by atoms with E-state index in [4.69, 9.17) is 4.74 Å². The second-order valence-electron chi connectivity index (χ2n) is 7.93. The molecule has 3 aromatic carbocycles. The Hall–Kier alpha value is -2.54. The molecule has 3 rings (SSSR count). The Labute approximate surface area is 183 Å². The molecule has 0 heterocycles. The average molecular weight is 400 g/mol. The standard InChI is InChI=1S/C29H35O/c1-2-3-4-5-6-7-8-17-24-30-28-23-16-15-22-27(28)29(25-18-11-9-12-19-25)26-20-13-10-14-21-26/h9-16,18-23H,2-8,17,24H2,1H3. The number of hydrogen-bond donors (Lipinski definition) is 0. The van der Waals surface area contributed by atoms with Crippen molar-refractivity contribution in [1.82, 2.24) is 0 Å². The van der Waals surface area contributed by atoms with E-state index in [1.54, 1.807) is 0 Å². The van der Waals surface area contributed by atoms with E-state index in [2.05, 4.69) is 91.9 Å². The summed E-state index contributed by atoms with van der Waals surface area (Å²) in [5.41, 5.74) is 3.59. The van der Waals surface area contributed by atoms with Gasteiger partial charge < -0.3 is 4.74 Å². The molecule has 3 aromatic rings. The first-order chi connectivity index (χ1) is 14.9. The minimum absolute atomic E-state index is 0.781. The van der Waals surface area contributed by atoms with Crippen LogP contribution in [0.1, 0.15) is 75.0 Å². The van der Waals surface area contributed by atoms with Crippen molar-refractivity contribution in [2.75, 3.05) is 6.61 Å². The third-order valence-electron chi connectivity index (χ3n) is 5.54. The molecule has 30 heavy (non-hydrogen) atoms. The molecule has 0 amide bonds. The maximum absolute atomic E-state index is 6.29. The van der Waals surface area contributed by atoms with Crippen LogP contribution in [0.4, 0.5) is 0 Å². The predicted molar refractivity (Wildman–Crippen MR) is 128 cm³/mol. The summed E-state index contributed by atoms with van der Waals surface area (Å²) >= 11 is 0. The molecule has 0 bridgehead atoms. The summed E-state index contributed by atoms with van der Waals surface area (Å²) in [5, 5.41) is 0. The summed E-state index contributed by atoms with van der Waals surface area (Å²) in [6, 6.07) is 29.7. The topological polar surface area (TPSA) is 9.23 Å². The highest BCUT2D eigenvalue weighted by Gasteiger charge is 2.21. The summed E-state index contributed by atoms with van der Waals surface area (Å²) in [7, 11) is 0. The number of para-hydroxylation sites is 1. The van der Waals surface area contributed by atoms with Gasteiger partial charge in [0.25, 0.3) is 0 Å². The summed E-state index contributed by atoms with van der Waals surface area (Å²) in [6.07, 6.45) is 10.5.